The molecule has 1 aromatic heterocycles. The van der Waals surface area contributed by atoms with Crippen LogP contribution in [-0.2, 0) is 17.9 Å². The number of fused-ring (bicyclic) bond motifs is 1. The first-order chi connectivity index (χ1) is 14.1. The predicted octanol–water partition coefficient (Wildman–Crippen LogP) is 3.10. The second-order valence-electron chi connectivity index (χ2n) is 6.63. The van der Waals surface area contributed by atoms with E-state index in [0.29, 0.717) is 5.52 Å². The molecule has 6 nitrogen and oxygen atoms in total. The van der Waals surface area contributed by atoms with Gasteiger partial charge in [-0.25, -0.2) is 9.59 Å². The molecule has 0 aliphatic heterocycles. The molecule has 0 atom stereocenters. The van der Waals surface area contributed by atoms with E-state index in [9.17, 15) is 14.4 Å². The molecule has 0 aliphatic carbocycles. The number of esters is 1. The van der Waals surface area contributed by atoms with Crippen molar-refractivity contribution in [3.63, 3.8) is 0 Å². The Labute approximate surface area is 166 Å². The van der Waals surface area contributed by atoms with E-state index in [1.54, 1.807) is 6.07 Å². The Kier molecular flexibility index (Phi) is 5.07. The highest BCUT2D eigenvalue weighted by molar-refractivity contribution is 5.94. The van der Waals surface area contributed by atoms with Crippen LogP contribution in [0.2, 0.25) is 0 Å². The zero-order valence-electron chi connectivity index (χ0n) is 15.5. The predicted molar refractivity (Wildman–Crippen MR) is 110 cm³/mol. The topological polar surface area (TPSA) is 81.2 Å². The number of rotatable bonds is 5. The minimum atomic E-state index is -0.532. The lowest BCUT2D eigenvalue weighted by Crippen LogP contribution is -2.35. The molecule has 1 heterocycles. The van der Waals surface area contributed by atoms with Crippen LogP contribution >= 0.6 is 0 Å². The van der Waals surface area contributed by atoms with Crippen LogP contribution in [0.15, 0.2) is 88.5 Å². The molecule has 1 N–H and O–H groups in total. The number of carbonyl (C=O) groups is 1. The number of aromatic nitrogens is 2. The molecule has 3 aromatic carbocycles. The maximum absolute atomic E-state index is 12.9. The van der Waals surface area contributed by atoms with E-state index in [4.69, 9.17) is 4.74 Å². The van der Waals surface area contributed by atoms with E-state index in [0.717, 1.165) is 15.7 Å². The first-order valence-electron chi connectivity index (χ1n) is 9.14. The summed E-state index contributed by atoms with van der Waals surface area (Å²) in [5, 5.41) is 0.259. The van der Waals surface area contributed by atoms with Crippen molar-refractivity contribution in [2.45, 2.75) is 13.2 Å². The third kappa shape index (κ3) is 4.01. The summed E-state index contributed by atoms with van der Waals surface area (Å²) in [4.78, 5) is 40.4. The van der Waals surface area contributed by atoms with Crippen molar-refractivity contribution >= 4 is 16.9 Å². The summed E-state index contributed by atoms with van der Waals surface area (Å²) in [6.45, 7) is 0.287. The van der Waals surface area contributed by atoms with Gasteiger partial charge in [0.15, 0.2) is 0 Å². The number of hydrogen-bond donors (Lipinski definition) is 1. The Balaban J connectivity index is 1.65. The van der Waals surface area contributed by atoms with Crippen LogP contribution in [-0.4, -0.2) is 15.5 Å². The van der Waals surface area contributed by atoms with E-state index in [1.807, 2.05) is 60.7 Å². The second kappa shape index (κ2) is 7.98. The zero-order chi connectivity index (χ0) is 20.2. The molecule has 144 valence electrons. The fourth-order valence-electron chi connectivity index (χ4n) is 3.09. The lowest BCUT2D eigenvalue weighted by atomic mass is 10.1. The molecule has 4 rings (SSSR count). The second-order valence-corrected chi connectivity index (χ2v) is 6.63. The molecular formula is C23H18N2O4. The number of hydrogen-bond acceptors (Lipinski definition) is 4. The van der Waals surface area contributed by atoms with Gasteiger partial charge in [0.2, 0.25) is 0 Å². The molecule has 0 bridgehead atoms. The van der Waals surface area contributed by atoms with Gasteiger partial charge >= 0.3 is 11.7 Å². The van der Waals surface area contributed by atoms with Crippen LogP contribution in [0.4, 0.5) is 0 Å². The summed E-state index contributed by atoms with van der Waals surface area (Å²) >= 11 is 0. The van der Waals surface area contributed by atoms with Crippen molar-refractivity contribution in [3.05, 3.63) is 116 Å². The summed E-state index contributed by atoms with van der Waals surface area (Å²) in [5.41, 5.74) is 1.39. The van der Waals surface area contributed by atoms with Gasteiger partial charge in [0.25, 0.3) is 5.56 Å². The third-order valence-electron chi connectivity index (χ3n) is 4.61. The average Bonchev–Trinajstić information content (AvgIpc) is 2.76. The normalized spacial score (nSPS) is 10.8. The quantitative estimate of drug-likeness (QED) is 0.535. The molecule has 0 saturated heterocycles. The monoisotopic (exact) mass is 386 g/mol. The smallest absolute Gasteiger partial charge is 0.338 e. The van der Waals surface area contributed by atoms with E-state index >= 15 is 0 Å². The lowest BCUT2D eigenvalue weighted by molar-refractivity contribution is 0.0473. The van der Waals surface area contributed by atoms with Gasteiger partial charge in [-0.05, 0) is 29.3 Å². The number of H-pyrrole nitrogens is 1. The van der Waals surface area contributed by atoms with Gasteiger partial charge in [-0.15, -0.1) is 0 Å². The first-order valence-corrected chi connectivity index (χ1v) is 9.14. The molecule has 0 amide bonds. The molecule has 0 spiro atoms. The number of benzene rings is 3. The Morgan fingerprint density at radius 1 is 0.862 bits per heavy atom. The van der Waals surface area contributed by atoms with Crippen molar-refractivity contribution in [2.75, 3.05) is 0 Å². The van der Waals surface area contributed by atoms with Gasteiger partial charge in [-0.3, -0.25) is 9.36 Å². The van der Waals surface area contributed by atoms with Gasteiger partial charge in [0, 0.05) is 0 Å². The maximum Gasteiger partial charge on any atom is 0.338 e. The van der Waals surface area contributed by atoms with E-state index < -0.39 is 17.2 Å². The van der Waals surface area contributed by atoms with Crippen LogP contribution in [0.3, 0.4) is 0 Å². The standard InChI is InChI=1S/C23H18N2O4/c26-21-19-13-18(22(27)29-15-17-9-5-2-6-10-17)11-12-20(19)24-23(28)25(21)14-16-7-3-1-4-8-16/h1-13H,14-15H2,(H,24,28). The van der Waals surface area contributed by atoms with Gasteiger partial charge < -0.3 is 9.72 Å². The maximum atomic E-state index is 12.9. The van der Waals surface area contributed by atoms with Crippen LogP contribution in [0.25, 0.3) is 10.9 Å². The summed E-state index contributed by atoms with van der Waals surface area (Å²) in [6, 6.07) is 23.1. The summed E-state index contributed by atoms with van der Waals surface area (Å²) in [7, 11) is 0. The number of nitrogens with one attached hydrogen (secondary N) is 1. The summed E-state index contributed by atoms with van der Waals surface area (Å²) in [6.07, 6.45) is 0. The van der Waals surface area contributed by atoms with E-state index in [2.05, 4.69) is 4.98 Å². The molecule has 29 heavy (non-hydrogen) atoms. The highest BCUT2D eigenvalue weighted by atomic mass is 16.5. The minimum Gasteiger partial charge on any atom is -0.457 e. The fourth-order valence-corrected chi connectivity index (χ4v) is 3.09. The van der Waals surface area contributed by atoms with E-state index in [1.165, 1.54) is 12.1 Å². The molecule has 0 radical (unpaired) electrons. The minimum absolute atomic E-state index is 0.140. The Bertz CT molecular complexity index is 1280. The summed E-state index contributed by atoms with van der Waals surface area (Å²) < 4.78 is 6.45. The van der Waals surface area contributed by atoms with Crippen LogP contribution in [0.1, 0.15) is 21.5 Å². The van der Waals surface area contributed by atoms with Gasteiger partial charge in [-0.1, -0.05) is 60.7 Å². The van der Waals surface area contributed by atoms with E-state index in [-0.39, 0.29) is 24.1 Å². The number of nitrogens with zero attached hydrogens (tertiary/aromatic N) is 1. The molecule has 0 saturated carbocycles. The molecular weight excluding hydrogens is 368 g/mol. The molecule has 0 unspecified atom stereocenters. The highest BCUT2D eigenvalue weighted by Crippen LogP contribution is 2.12. The molecule has 6 heteroatoms. The SMILES string of the molecule is O=C(OCc1ccccc1)c1ccc2[nH]c(=O)n(Cc3ccccc3)c(=O)c2c1. The van der Waals surface area contributed by atoms with Gasteiger partial charge in [-0.2, -0.15) is 0 Å². The third-order valence-corrected chi connectivity index (χ3v) is 4.61. The van der Waals surface area contributed by atoms with Crippen molar-refractivity contribution in [2.24, 2.45) is 0 Å². The lowest BCUT2D eigenvalue weighted by Gasteiger charge is -2.08. The van der Waals surface area contributed by atoms with Crippen molar-refractivity contribution in [1.29, 1.82) is 0 Å². The van der Waals surface area contributed by atoms with Crippen LogP contribution in [0, 0.1) is 0 Å². The largest absolute Gasteiger partial charge is 0.457 e. The highest BCUT2D eigenvalue weighted by Gasteiger charge is 2.13. The van der Waals surface area contributed by atoms with Crippen molar-refractivity contribution in [3.8, 4) is 0 Å². The van der Waals surface area contributed by atoms with Crippen LogP contribution in [0.5, 0.6) is 0 Å². The molecule has 0 fully saturated rings. The zero-order valence-corrected chi connectivity index (χ0v) is 15.5. The first kappa shape index (κ1) is 18.4. The van der Waals surface area contributed by atoms with Crippen molar-refractivity contribution in [1.82, 2.24) is 9.55 Å². The van der Waals surface area contributed by atoms with Gasteiger partial charge in [0.05, 0.1) is 23.0 Å². The number of carbonyl (C=O) groups excluding carboxylic acids is 1. The van der Waals surface area contributed by atoms with Crippen molar-refractivity contribution < 1.29 is 9.53 Å². The van der Waals surface area contributed by atoms with Crippen LogP contribution < -0.4 is 11.2 Å². The number of ether oxygens (including phenoxy) is 1. The Morgan fingerprint density at radius 3 is 2.21 bits per heavy atom. The Hall–Kier alpha value is -3.93. The molecule has 0 aliphatic rings. The van der Waals surface area contributed by atoms with Gasteiger partial charge in [0.1, 0.15) is 6.61 Å². The fraction of sp³-hybridized carbons (Fsp3) is 0.0870. The average molecular weight is 386 g/mol. The summed E-state index contributed by atoms with van der Waals surface area (Å²) in [5.74, 6) is -0.532. The number of aromatic amines is 1. The Morgan fingerprint density at radius 2 is 1.52 bits per heavy atom. The molecule has 4 aromatic rings.